The van der Waals surface area contributed by atoms with Crippen molar-refractivity contribution in [3.05, 3.63) is 16.4 Å². The maximum absolute atomic E-state index is 8.69. The van der Waals surface area contributed by atoms with E-state index in [9.17, 15) is 0 Å². The van der Waals surface area contributed by atoms with E-state index in [1.807, 2.05) is 11.6 Å². The van der Waals surface area contributed by atoms with E-state index in [1.165, 1.54) is 0 Å². The Labute approximate surface area is 119 Å². The van der Waals surface area contributed by atoms with Gasteiger partial charge in [-0.2, -0.15) is 10.4 Å². The summed E-state index contributed by atoms with van der Waals surface area (Å²) in [4.78, 5) is 4.56. The van der Waals surface area contributed by atoms with Crippen LogP contribution in [0.3, 0.4) is 0 Å². The van der Waals surface area contributed by atoms with E-state index in [-0.39, 0.29) is 0 Å². The molecule has 0 atom stereocenters. The van der Waals surface area contributed by atoms with E-state index in [1.54, 1.807) is 0 Å². The molecule has 0 unspecified atom stereocenters. The lowest BCUT2D eigenvalue weighted by atomic mass is 10.2. The lowest BCUT2D eigenvalue weighted by Crippen LogP contribution is -2.46. The van der Waals surface area contributed by atoms with Gasteiger partial charge in [0.25, 0.3) is 0 Å². The van der Waals surface area contributed by atoms with Crippen molar-refractivity contribution in [2.24, 2.45) is 0 Å². The molecule has 0 bridgehead atoms. The number of aromatic nitrogens is 2. The highest BCUT2D eigenvalue weighted by atomic mass is 35.5. The van der Waals surface area contributed by atoms with Crippen LogP contribution in [-0.2, 0) is 13.1 Å². The van der Waals surface area contributed by atoms with E-state index < -0.39 is 0 Å². The molecule has 0 spiro atoms. The summed E-state index contributed by atoms with van der Waals surface area (Å²) in [6.07, 6.45) is 0. The van der Waals surface area contributed by atoms with E-state index in [0.29, 0.717) is 6.54 Å². The Kier molecular flexibility index (Phi) is 4.81. The normalized spacial score (nSPS) is 17.6. The van der Waals surface area contributed by atoms with Crippen LogP contribution in [0.25, 0.3) is 0 Å². The average molecular weight is 282 g/mol. The molecule has 2 heterocycles. The number of aryl methyl sites for hydroxylation is 2. The summed E-state index contributed by atoms with van der Waals surface area (Å²) in [5, 5.41) is 13.9. The van der Waals surface area contributed by atoms with Crippen LogP contribution in [0.1, 0.15) is 18.3 Å². The monoisotopic (exact) mass is 281 g/mol. The molecule has 0 aromatic carbocycles. The van der Waals surface area contributed by atoms with Crippen LogP contribution in [0.2, 0.25) is 5.02 Å². The van der Waals surface area contributed by atoms with Crippen molar-refractivity contribution in [2.75, 3.05) is 32.7 Å². The fourth-order valence-corrected chi connectivity index (χ4v) is 2.63. The Balaban J connectivity index is 1.98. The zero-order chi connectivity index (χ0) is 13.8. The first-order valence-electron chi connectivity index (χ1n) is 6.69. The molecular weight excluding hydrogens is 262 g/mol. The lowest BCUT2D eigenvalue weighted by molar-refractivity contribution is 0.135. The van der Waals surface area contributed by atoms with Crippen LogP contribution in [0, 0.1) is 18.3 Å². The summed E-state index contributed by atoms with van der Waals surface area (Å²) in [7, 11) is 0. The molecule has 1 aromatic rings. The minimum atomic E-state index is 0.528. The van der Waals surface area contributed by atoms with Crippen LogP contribution in [0.4, 0.5) is 0 Å². The first kappa shape index (κ1) is 14.3. The van der Waals surface area contributed by atoms with E-state index in [0.717, 1.165) is 55.7 Å². The second-order valence-electron chi connectivity index (χ2n) is 4.87. The third-order valence-electron chi connectivity index (χ3n) is 3.59. The maximum atomic E-state index is 8.69. The van der Waals surface area contributed by atoms with Crippen molar-refractivity contribution in [3.63, 3.8) is 0 Å². The molecule has 1 aliphatic rings. The Bertz CT molecular complexity index is 468. The standard InChI is InChI=1S/C13H20ClN5/c1-3-19-12(13(14)11(2)16-19)10-18-8-6-17(5-4-15)7-9-18/h3,5-10H2,1-2H3. The van der Waals surface area contributed by atoms with Crippen LogP contribution >= 0.6 is 11.6 Å². The molecule has 0 aliphatic carbocycles. The van der Waals surface area contributed by atoms with Gasteiger partial charge in [-0.1, -0.05) is 11.6 Å². The molecule has 0 saturated carbocycles. The third kappa shape index (κ3) is 3.27. The van der Waals surface area contributed by atoms with Crippen molar-refractivity contribution < 1.29 is 0 Å². The van der Waals surface area contributed by atoms with Crippen molar-refractivity contribution in [1.29, 1.82) is 5.26 Å². The van der Waals surface area contributed by atoms with Crippen molar-refractivity contribution in [3.8, 4) is 6.07 Å². The van der Waals surface area contributed by atoms with Gasteiger partial charge in [-0.05, 0) is 13.8 Å². The van der Waals surface area contributed by atoms with Crippen molar-refractivity contribution in [2.45, 2.75) is 26.9 Å². The molecule has 104 valence electrons. The van der Waals surface area contributed by atoms with Gasteiger partial charge in [0.2, 0.25) is 0 Å². The summed E-state index contributed by atoms with van der Waals surface area (Å²) in [5.74, 6) is 0. The highest BCUT2D eigenvalue weighted by Crippen LogP contribution is 2.22. The molecule has 19 heavy (non-hydrogen) atoms. The molecule has 6 heteroatoms. The topological polar surface area (TPSA) is 48.1 Å². The molecule has 1 fully saturated rings. The second kappa shape index (κ2) is 6.38. The number of nitriles is 1. The number of piperazine rings is 1. The molecule has 1 aromatic heterocycles. The van der Waals surface area contributed by atoms with Gasteiger partial charge in [-0.15, -0.1) is 0 Å². The van der Waals surface area contributed by atoms with E-state index in [4.69, 9.17) is 16.9 Å². The Hall–Kier alpha value is -1.09. The smallest absolute Gasteiger partial charge is 0.0866 e. The predicted octanol–water partition coefficient (Wildman–Crippen LogP) is 1.51. The summed E-state index contributed by atoms with van der Waals surface area (Å²) in [5.41, 5.74) is 2.01. The van der Waals surface area contributed by atoms with Crippen LogP contribution in [0.15, 0.2) is 0 Å². The molecule has 0 N–H and O–H groups in total. The van der Waals surface area contributed by atoms with E-state index >= 15 is 0 Å². The predicted molar refractivity (Wildman–Crippen MR) is 75.0 cm³/mol. The number of hydrogen-bond acceptors (Lipinski definition) is 4. The number of hydrogen-bond donors (Lipinski definition) is 0. The maximum Gasteiger partial charge on any atom is 0.0866 e. The minimum absolute atomic E-state index is 0.528. The Morgan fingerprint density at radius 3 is 2.47 bits per heavy atom. The summed E-state index contributed by atoms with van der Waals surface area (Å²) in [6.45, 7) is 10.1. The zero-order valence-corrected chi connectivity index (χ0v) is 12.3. The number of nitrogens with zero attached hydrogens (tertiary/aromatic N) is 5. The lowest BCUT2D eigenvalue weighted by Gasteiger charge is -2.33. The Morgan fingerprint density at radius 2 is 1.89 bits per heavy atom. The minimum Gasteiger partial charge on any atom is -0.295 e. The first-order valence-corrected chi connectivity index (χ1v) is 7.07. The van der Waals surface area contributed by atoms with E-state index in [2.05, 4.69) is 27.9 Å². The highest BCUT2D eigenvalue weighted by molar-refractivity contribution is 6.31. The largest absolute Gasteiger partial charge is 0.295 e. The van der Waals surface area contributed by atoms with Crippen LogP contribution in [-0.4, -0.2) is 52.3 Å². The summed E-state index contributed by atoms with van der Waals surface area (Å²) in [6, 6.07) is 2.20. The first-order chi connectivity index (χ1) is 9.15. The van der Waals surface area contributed by atoms with Gasteiger partial charge in [0.1, 0.15) is 0 Å². The fourth-order valence-electron chi connectivity index (χ4n) is 2.44. The molecule has 5 nitrogen and oxygen atoms in total. The van der Waals surface area contributed by atoms with Crippen molar-refractivity contribution >= 4 is 11.6 Å². The molecule has 0 radical (unpaired) electrons. The molecule has 1 aliphatic heterocycles. The zero-order valence-electron chi connectivity index (χ0n) is 11.6. The molecular formula is C13H20ClN5. The van der Waals surface area contributed by atoms with Gasteiger partial charge >= 0.3 is 0 Å². The van der Waals surface area contributed by atoms with Gasteiger partial charge < -0.3 is 0 Å². The summed E-state index contributed by atoms with van der Waals surface area (Å²) < 4.78 is 1.99. The van der Waals surface area contributed by atoms with Gasteiger partial charge in [0.05, 0.1) is 29.0 Å². The molecule has 1 saturated heterocycles. The fraction of sp³-hybridized carbons (Fsp3) is 0.692. The molecule has 2 rings (SSSR count). The van der Waals surface area contributed by atoms with Gasteiger partial charge in [0.15, 0.2) is 0 Å². The number of halogens is 1. The second-order valence-corrected chi connectivity index (χ2v) is 5.25. The SMILES string of the molecule is CCn1nc(C)c(Cl)c1CN1CCN(CC#N)CC1. The van der Waals surface area contributed by atoms with Gasteiger partial charge in [-0.3, -0.25) is 14.5 Å². The van der Waals surface area contributed by atoms with Gasteiger partial charge in [-0.25, -0.2) is 0 Å². The highest BCUT2D eigenvalue weighted by Gasteiger charge is 2.20. The average Bonchev–Trinajstić information content (AvgIpc) is 2.69. The Morgan fingerprint density at radius 1 is 1.26 bits per heavy atom. The third-order valence-corrected chi connectivity index (χ3v) is 4.08. The van der Waals surface area contributed by atoms with Crippen LogP contribution < -0.4 is 0 Å². The number of rotatable bonds is 4. The molecule has 0 amide bonds. The quantitative estimate of drug-likeness (QED) is 0.785. The van der Waals surface area contributed by atoms with Crippen LogP contribution in [0.5, 0.6) is 0 Å². The summed E-state index contributed by atoms with van der Waals surface area (Å²) >= 11 is 6.33. The van der Waals surface area contributed by atoms with Gasteiger partial charge in [0, 0.05) is 39.3 Å². The van der Waals surface area contributed by atoms with Crippen molar-refractivity contribution in [1.82, 2.24) is 19.6 Å².